The molecular weight excluding hydrogens is 321 g/mol. The lowest BCUT2D eigenvalue weighted by Gasteiger charge is -2.17. The zero-order valence-electron chi connectivity index (χ0n) is 13.8. The van der Waals surface area contributed by atoms with E-state index in [4.69, 9.17) is 5.73 Å². The Labute approximate surface area is 144 Å². The number of benzene rings is 2. The lowest BCUT2D eigenvalue weighted by molar-refractivity contribution is 0.109. The second-order valence-electron chi connectivity index (χ2n) is 6.03. The summed E-state index contributed by atoms with van der Waals surface area (Å²) in [4.78, 5) is 4.15. The van der Waals surface area contributed by atoms with Crippen LogP contribution >= 0.6 is 0 Å². The molecule has 0 aliphatic carbocycles. The molecule has 0 saturated heterocycles. The summed E-state index contributed by atoms with van der Waals surface area (Å²) in [7, 11) is 0. The quantitative estimate of drug-likeness (QED) is 0.536. The molecule has 6 heteroatoms. The van der Waals surface area contributed by atoms with Gasteiger partial charge < -0.3 is 15.9 Å². The molecule has 25 heavy (non-hydrogen) atoms. The van der Waals surface area contributed by atoms with Gasteiger partial charge in [-0.15, -0.1) is 0 Å². The zero-order chi connectivity index (χ0) is 18.0. The largest absolute Gasteiger partial charge is 0.392 e. The minimum absolute atomic E-state index is 0.244. The molecule has 0 aliphatic heterocycles. The van der Waals surface area contributed by atoms with Crippen LogP contribution in [0.4, 0.5) is 10.2 Å². The molecule has 3 aromatic rings. The maximum Gasteiger partial charge on any atom is 0.133 e. The Morgan fingerprint density at radius 3 is 2.60 bits per heavy atom. The normalized spacial score (nSPS) is 13.8. The summed E-state index contributed by atoms with van der Waals surface area (Å²) >= 11 is 0. The van der Waals surface area contributed by atoms with Gasteiger partial charge in [-0.05, 0) is 41.6 Å². The molecule has 0 radical (unpaired) electrons. The van der Waals surface area contributed by atoms with Crippen molar-refractivity contribution < 1.29 is 14.6 Å². The van der Waals surface area contributed by atoms with E-state index in [-0.39, 0.29) is 12.4 Å². The van der Waals surface area contributed by atoms with Crippen molar-refractivity contribution >= 4 is 16.6 Å². The van der Waals surface area contributed by atoms with Crippen molar-refractivity contribution in [3.63, 3.8) is 0 Å². The molecule has 2 unspecified atom stereocenters. The lowest BCUT2D eigenvalue weighted by atomic mass is 9.99. The fourth-order valence-electron chi connectivity index (χ4n) is 2.74. The van der Waals surface area contributed by atoms with E-state index in [1.807, 2.05) is 24.3 Å². The number of hydrogen-bond acceptors (Lipinski definition) is 5. The first-order chi connectivity index (χ1) is 12.0. The van der Waals surface area contributed by atoms with Crippen molar-refractivity contribution in [2.24, 2.45) is 0 Å². The van der Waals surface area contributed by atoms with Gasteiger partial charge in [0, 0.05) is 23.7 Å². The van der Waals surface area contributed by atoms with Crippen molar-refractivity contribution in [2.45, 2.75) is 19.3 Å². The van der Waals surface area contributed by atoms with E-state index in [1.165, 1.54) is 18.3 Å². The number of nitrogen functional groups attached to an aromatic ring is 1. The third kappa shape index (κ3) is 3.76. The topological polar surface area (TPSA) is 91.4 Å². The van der Waals surface area contributed by atoms with Crippen molar-refractivity contribution in [3.8, 4) is 11.1 Å². The van der Waals surface area contributed by atoms with Crippen LogP contribution in [-0.2, 0) is 0 Å². The summed E-state index contributed by atoms with van der Waals surface area (Å²) in [6.07, 6.45) is -0.0494. The van der Waals surface area contributed by atoms with Crippen LogP contribution in [0.3, 0.4) is 0 Å². The molecule has 1 aromatic heterocycles. The van der Waals surface area contributed by atoms with Crippen LogP contribution < -0.4 is 11.1 Å². The number of nitrogens with one attached hydrogen (secondary N) is 1. The fraction of sp³-hybridized carbons (Fsp3) is 0.211. The number of rotatable bonds is 5. The summed E-state index contributed by atoms with van der Waals surface area (Å²) in [5.74, 6) is 0.0231. The maximum absolute atomic E-state index is 13.5. The van der Waals surface area contributed by atoms with E-state index >= 15 is 0 Å². The Morgan fingerprint density at radius 1 is 1.12 bits per heavy atom. The van der Waals surface area contributed by atoms with Crippen molar-refractivity contribution in [1.29, 1.82) is 0 Å². The molecule has 0 fully saturated rings. The van der Waals surface area contributed by atoms with Crippen molar-refractivity contribution in [2.75, 3.05) is 12.3 Å². The van der Waals surface area contributed by atoms with Gasteiger partial charge in [0.15, 0.2) is 0 Å². The number of anilines is 1. The molecule has 1 heterocycles. The summed E-state index contributed by atoms with van der Waals surface area (Å²) in [5, 5.41) is 23.9. The second-order valence-corrected chi connectivity index (χ2v) is 6.03. The van der Waals surface area contributed by atoms with Crippen LogP contribution in [0.15, 0.2) is 48.7 Å². The summed E-state index contributed by atoms with van der Waals surface area (Å²) in [6, 6.07) is 11.8. The van der Waals surface area contributed by atoms with Gasteiger partial charge in [-0.3, -0.25) is 5.32 Å². The number of nitrogens with two attached hydrogens (primary N) is 1. The average Bonchev–Trinajstić information content (AvgIpc) is 2.60. The SMILES string of the molecule is CC(O)CNC(O)c1cnc(N)c2cc(-c3cccc(F)c3)ccc12. The number of pyridine rings is 1. The Kier molecular flexibility index (Phi) is 4.94. The average molecular weight is 341 g/mol. The second kappa shape index (κ2) is 7.14. The lowest BCUT2D eigenvalue weighted by Crippen LogP contribution is -2.28. The van der Waals surface area contributed by atoms with E-state index in [0.717, 1.165) is 16.5 Å². The summed E-state index contributed by atoms with van der Waals surface area (Å²) < 4.78 is 13.5. The molecule has 2 atom stereocenters. The van der Waals surface area contributed by atoms with Crippen LogP contribution in [0.5, 0.6) is 0 Å². The van der Waals surface area contributed by atoms with Crippen molar-refractivity contribution in [3.05, 3.63) is 60.0 Å². The van der Waals surface area contributed by atoms with Gasteiger partial charge in [0.05, 0.1) is 6.10 Å². The third-order valence-corrected chi connectivity index (χ3v) is 4.01. The number of aromatic nitrogens is 1. The summed E-state index contributed by atoms with van der Waals surface area (Å²) in [5.41, 5.74) is 8.11. The van der Waals surface area contributed by atoms with E-state index in [2.05, 4.69) is 10.3 Å². The van der Waals surface area contributed by atoms with Crippen molar-refractivity contribution in [1.82, 2.24) is 10.3 Å². The van der Waals surface area contributed by atoms with Gasteiger partial charge >= 0.3 is 0 Å². The zero-order valence-corrected chi connectivity index (χ0v) is 13.8. The predicted octanol–water partition coefficient (Wildman–Crippen LogP) is 2.58. The first kappa shape index (κ1) is 17.3. The Hall–Kier alpha value is -2.54. The number of halogens is 1. The molecule has 3 rings (SSSR count). The van der Waals surface area contributed by atoms with Gasteiger partial charge in [-0.1, -0.05) is 24.3 Å². The standard InChI is InChI=1S/C19H20FN3O2/c1-11(24)9-23-19(25)17-10-22-18(21)16-8-13(5-6-15(16)17)12-3-2-4-14(20)7-12/h2-8,10-11,19,23-25H,9H2,1H3,(H2,21,22). The Bertz CT molecular complexity index is 899. The van der Waals surface area contributed by atoms with E-state index in [1.54, 1.807) is 13.0 Å². The van der Waals surface area contributed by atoms with Crippen LogP contribution in [0.25, 0.3) is 21.9 Å². The summed E-state index contributed by atoms with van der Waals surface area (Å²) in [6.45, 7) is 1.87. The number of aliphatic hydroxyl groups excluding tert-OH is 2. The highest BCUT2D eigenvalue weighted by molar-refractivity contribution is 5.96. The monoisotopic (exact) mass is 341 g/mol. The van der Waals surface area contributed by atoms with Gasteiger partial charge in [-0.25, -0.2) is 9.37 Å². The molecule has 0 bridgehead atoms. The van der Waals surface area contributed by atoms with E-state index in [9.17, 15) is 14.6 Å². The molecule has 0 amide bonds. The molecule has 5 nitrogen and oxygen atoms in total. The third-order valence-electron chi connectivity index (χ3n) is 4.01. The molecule has 0 saturated carbocycles. The Balaban J connectivity index is 2.04. The minimum Gasteiger partial charge on any atom is -0.392 e. The number of fused-ring (bicyclic) bond motifs is 1. The van der Waals surface area contributed by atoms with Gasteiger partial charge in [0.1, 0.15) is 17.9 Å². The van der Waals surface area contributed by atoms with E-state index in [0.29, 0.717) is 16.8 Å². The highest BCUT2D eigenvalue weighted by atomic mass is 19.1. The molecular formula is C19H20FN3O2. The minimum atomic E-state index is -0.981. The smallest absolute Gasteiger partial charge is 0.133 e. The number of nitrogens with zero attached hydrogens (tertiary/aromatic N) is 1. The van der Waals surface area contributed by atoms with Gasteiger partial charge in [-0.2, -0.15) is 0 Å². The van der Waals surface area contributed by atoms with Gasteiger partial charge in [0.2, 0.25) is 0 Å². The van der Waals surface area contributed by atoms with E-state index < -0.39 is 12.3 Å². The first-order valence-electron chi connectivity index (χ1n) is 7.99. The molecule has 0 spiro atoms. The Morgan fingerprint density at radius 2 is 1.88 bits per heavy atom. The molecule has 0 aliphatic rings. The maximum atomic E-state index is 13.5. The highest BCUT2D eigenvalue weighted by Crippen LogP contribution is 2.31. The predicted molar refractivity (Wildman–Crippen MR) is 96.2 cm³/mol. The van der Waals surface area contributed by atoms with Crippen LogP contribution in [0.2, 0.25) is 0 Å². The van der Waals surface area contributed by atoms with Gasteiger partial charge in [0.25, 0.3) is 0 Å². The molecule has 2 aromatic carbocycles. The fourth-order valence-corrected chi connectivity index (χ4v) is 2.74. The number of hydrogen-bond donors (Lipinski definition) is 4. The molecule has 130 valence electrons. The number of aliphatic hydroxyl groups is 2. The van der Waals surface area contributed by atoms with Crippen LogP contribution in [-0.4, -0.2) is 27.8 Å². The van der Waals surface area contributed by atoms with Crippen LogP contribution in [0.1, 0.15) is 18.7 Å². The van der Waals surface area contributed by atoms with Crippen LogP contribution in [0, 0.1) is 5.82 Å². The first-order valence-corrected chi connectivity index (χ1v) is 7.99. The highest BCUT2D eigenvalue weighted by Gasteiger charge is 2.14. The molecule has 5 N–H and O–H groups in total.